The number of esters is 2. The van der Waals surface area contributed by atoms with Crippen LogP contribution < -0.4 is 5.73 Å². The SMILES string of the molecule is CC(=O)OC/C(C)=C/C=C(\C)C(=O)OCCOC1(N)CCOC1. The van der Waals surface area contributed by atoms with E-state index in [-0.39, 0.29) is 25.8 Å². The van der Waals surface area contributed by atoms with Gasteiger partial charge in [-0.3, -0.25) is 4.79 Å². The standard InChI is InChI=1S/C16H25NO6/c1-12(10-22-14(3)18)4-5-13(2)15(19)21-8-9-23-16(17)6-7-20-11-16/h4-5H,6-11,17H2,1-3H3/b12-4+,13-5+. The minimum absolute atomic E-state index is 0.124. The van der Waals surface area contributed by atoms with Gasteiger partial charge in [0.2, 0.25) is 0 Å². The van der Waals surface area contributed by atoms with Crippen LogP contribution in [-0.4, -0.2) is 50.7 Å². The van der Waals surface area contributed by atoms with Gasteiger partial charge in [-0.1, -0.05) is 12.2 Å². The summed E-state index contributed by atoms with van der Waals surface area (Å²) in [5.74, 6) is -0.776. The Bertz CT molecular complexity index is 477. The predicted octanol–water partition coefficient (Wildman–Crippen LogP) is 1.08. The van der Waals surface area contributed by atoms with E-state index in [1.54, 1.807) is 26.0 Å². The first-order chi connectivity index (χ1) is 10.8. The molecule has 1 fully saturated rings. The lowest BCUT2D eigenvalue weighted by Crippen LogP contribution is -2.44. The quantitative estimate of drug-likeness (QED) is 0.234. The third-order valence-corrected chi connectivity index (χ3v) is 3.16. The van der Waals surface area contributed by atoms with E-state index in [1.165, 1.54) is 6.92 Å². The molecule has 0 aromatic rings. The van der Waals surface area contributed by atoms with E-state index in [0.717, 1.165) is 5.57 Å². The topological polar surface area (TPSA) is 97.1 Å². The summed E-state index contributed by atoms with van der Waals surface area (Å²) in [7, 11) is 0. The fraction of sp³-hybridized carbons (Fsp3) is 0.625. The molecule has 0 spiro atoms. The molecule has 0 bridgehead atoms. The Kier molecular flexibility index (Phi) is 7.94. The first kappa shape index (κ1) is 19.3. The first-order valence-electron chi connectivity index (χ1n) is 7.47. The van der Waals surface area contributed by atoms with Crippen LogP contribution in [-0.2, 0) is 28.5 Å². The highest BCUT2D eigenvalue weighted by molar-refractivity contribution is 5.88. The van der Waals surface area contributed by atoms with Crippen molar-refractivity contribution in [3.8, 4) is 0 Å². The van der Waals surface area contributed by atoms with Crippen molar-refractivity contribution in [2.24, 2.45) is 5.73 Å². The Morgan fingerprint density at radius 3 is 2.52 bits per heavy atom. The molecule has 1 rings (SSSR count). The summed E-state index contributed by atoms with van der Waals surface area (Å²) in [5, 5.41) is 0. The molecule has 0 aliphatic carbocycles. The minimum atomic E-state index is -0.770. The Balaban J connectivity index is 2.28. The monoisotopic (exact) mass is 327 g/mol. The fourth-order valence-corrected chi connectivity index (χ4v) is 1.77. The number of allylic oxidation sites excluding steroid dienone is 2. The summed E-state index contributed by atoms with van der Waals surface area (Å²) in [6, 6.07) is 0. The normalized spacial score (nSPS) is 22.1. The average Bonchev–Trinajstić information content (AvgIpc) is 2.93. The van der Waals surface area contributed by atoms with Crippen LogP contribution in [0.15, 0.2) is 23.3 Å². The number of ether oxygens (including phenoxy) is 4. The zero-order valence-corrected chi connectivity index (χ0v) is 13.9. The summed E-state index contributed by atoms with van der Waals surface area (Å²) < 4.78 is 20.6. The average molecular weight is 327 g/mol. The van der Waals surface area contributed by atoms with Gasteiger partial charge in [0.05, 0.1) is 19.8 Å². The first-order valence-corrected chi connectivity index (χ1v) is 7.47. The molecular formula is C16H25NO6. The van der Waals surface area contributed by atoms with E-state index < -0.39 is 11.7 Å². The van der Waals surface area contributed by atoms with Crippen LogP contribution in [0.3, 0.4) is 0 Å². The molecule has 0 radical (unpaired) electrons. The second-order valence-corrected chi connectivity index (χ2v) is 5.49. The van der Waals surface area contributed by atoms with Crippen LogP contribution in [0, 0.1) is 0 Å². The van der Waals surface area contributed by atoms with E-state index in [2.05, 4.69) is 0 Å². The third kappa shape index (κ3) is 7.92. The summed E-state index contributed by atoms with van der Waals surface area (Å²) in [6.07, 6.45) is 3.96. The molecule has 1 heterocycles. The maximum Gasteiger partial charge on any atom is 0.333 e. The molecule has 23 heavy (non-hydrogen) atoms. The third-order valence-electron chi connectivity index (χ3n) is 3.16. The molecule has 2 N–H and O–H groups in total. The number of carbonyl (C=O) groups is 2. The fourth-order valence-electron chi connectivity index (χ4n) is 1.77. The van der Waals surface area contributed by atoms with Gasteiger partial charge in [0.1, 0.15) is 18.9 Å². The van der Waals surface area contributed by atoms with Gasteiger partial charge in [0, 0.05) is 18.9 Å². The van der Waals surface area contributed by atoms with Gasteiger partial charge in [0.25, 0.3) is 0 Å². The number of hydrogen-bond donors (Lipinski definition) is 1. The number of hydrogen-bond acceptors (Lipinski definition) is 7. The van der Waals surface area contributed by atoms with Crippen LogP contribution in [0.1, 0.15) is 27.2 Å². The van der Waals surface area contributed by atoms with Gasteiger partial charge in [0.15, 0.2) is 0 Å². The van der Waals surface area contributed by atoms with Crippen LogP contribution >= 0.6 is 0 Å². The summed E-state index contributed by atoms with van der Waals surface area (Å²) in [5.41, 5.74) is 6.42. The maximum atomic E-state index is 11.8. The molecular weight excluding hydrogens is 302 g/mol. The van der Waals surface area contributed by atoms with Crippen LogP contribution in [0.25, 0.3) is 0 Å². The van der Waals surface area contributed by atoms with Crippen molar-refractivity contribution in [2.45, 2.75) is 32.9 Å². The molecule has 1 aliphatic rings. The van der Waals surface area contributed by atoms with Crippen LogP contribution in [0.5, 0.6) is 0 Å². The lowest BCUT2D eigenvalue weighted by molar-refractivity contribution is -0.143. The van der Waals surface area contributed by atoms with Crippen molar-refractivity contribution in [3.63, 3.8) is 0 Å². The Morgan fingerprint density at radius 2 is 1.91 bits per heavy atom. The summed E-state index contributed by atoms with van der Waals surface area (Å²) in [4.78, 5) is 22.5. The molecule has 0 aromatic heterocycles. The van der Waals surface area contributed by atoms with Gasteiger partial charge >= 0.3 is 11.9 Å². The Labute approximate surface area is 136 Å². The van der Waals surface area contributed by atoms with Gasteiger partial charge < -0.3 is 24.7 Å². The van der Waals surface area contributed by atoms with Crippen molar-refractivity contribution in [3.05, 3.63) is 23.3 Å². The predicted molar refractivity (Wildman–Crippen MR) is 83.4 cm³/mol. The van der Waals surface area contributed by atoms with Crippen molar-refractivity contribution in [1.82, 2.24) is 0 Å². The van der Waals surface area contributed by atoms with Crippen LogP contribution in [0.4, 0.5) is 0 Å². The van der Waals surface area contributed by atoms with E-state index >= 15 is 0 Å². The van der Waals surface area contributed by atoms with E-state index in [9.17, 15) is 9.59 Å². The highest BCUT2D eigenvalue weighted by Gasteiger charge is 2.31. The van der Waals surface area contributed by atoms with E-state index in [1.807, 2.05) is 0 Å². The molecule has 0 saturated carbocycles. The smallest absolute Gasteiger partial charge is 0.333 e. The number of rotatable bonds is 8. The largest absolute Gasteiger partial charge is 0.461 e. The highest BCUT2D eigenvalue weighted by Crippen LogP contribution is 2.16. The molecule has 7 heteroatoms. The summed E-state index contributed by atoms with van der Waals surface area (Å²) in [6.45, 7) is 6.27. The van der Waals surface area contributed by atoms with Crippen molar-refractivity contribution >= 4 is 11.9 Å². The Hall–Kier alpha value is -1.70. The van der Waals surface area contributed by atoms with E-state index in [4.69, 9.17) is 24.7 Å². The summed E-state index contributed by atoms with van der Waals surface area (Å²) >= 11 is 0. The number of carbonyl (C=O) groups excluding carboxylic acids is 2. The van der Waals surface area contributed by atoms with Crippen molar-refractivity contribution in [2.75, 3.05) is 33.0 Å². The molecule has 7 nitrogen and oxygen atoms in total. The zero-order chi connectivity index (χ0) is 17.3. The lowest BCUT2D eigenvalue weighted by atomic mass is 10.2. The van der Waals surface area contributed by atoms with Gasteiger partial charge in [-0.25, -0.2) is 4.79 Å². The molecule has 0 aromatic carbocycles. The van der Waals surface area contributed by atoms with E-state index in [0.29, 0.717) is 25.2 Å². The molecule has 1 aliphatic heterocycles. The van der Waals surface area contributed by atoms with Crippen molar-refractivity contribution < 1.29 is 28.5 Å². The molecule has 1 saturated heterocycles. The Morgan fingerprint density at radius 1 is 1.17 bits per heavy atom. The number of nitrogens with two attached hydrogens (primary N) is 1. The highest BCUT2D eigenvalue weighted by atomic mass is 16.6. The second kappa shape index (κ2) is 9.44. The van der Waals surface area contributed by atoms with Crippen LogP contribution in [0.2, 0.25) is 0 Å². The van der Waals surface area contributed by atoms with Gasteiger partial charge in [-0.15, -0.1) is 0 Å². The van der Waals surface area contributed by atoms with Crippen molar-refractivity contribution in [1.29, 1.82) is 0 Å². The molecule has 130 valence electrons. The van der Waals surface area contributed by atoms with Gasteiger partial charge in [-0.05, 0) is 19.4 Å². The van der Waals surface area contributed by atoms with Gasteiger partial charge in [-0.2, -0.15) is 0 Å². The molecule has 1 unspecified atom stereocenters. The molecule has 1 atom stereocenters. The molecule has 0 amide bonds. The lowest BCUT2D eigenvalue weighted by Gasteiger charge is -2.22. The minimum Gasteiger partial charge on any atom is -0.461 e. The zero-order valence-electron chi connectivity index (χ0n) is 13.9. The second-order valence-electron chi connectivity index (χ2n) is 5.49. The maximum absolute atomic E-state index is 11.8.